The zero-order chi connectivity index (χ0) is 17.9. The van der Waals surface area contributed by atoms with Gasteiger partial charge in [0.1, 0.15) is 0 Å². The third-order valence-corrected chi connectivity index (χ3v) is 5.48. The molecule has 0 aliphatic rings. The molecule has 0 aliphatic carbocycles. The van der Waals surface area contributed by atoms with Crippen LogP contribution in [0, 0.1) is 0 Å². The molecule has 0 aliphatic heterocycles. The van der Waals surface area contributed by atoms with Gasteiger partial charge >= 0.3 is 0 Å². The minimum atomic E-state index is -3.43. The predicted octanol–water partition coefficient (Wildman–Crippen LogP) is 2.92. The topological polar surface area (TPSA) is 81.1 Å². The summed E-state index contributed by atoms with van der Waals surface area (Å²) in [5.41, 5.74) is 1.28. The Balaban J connectivity index is 1.86. The number of sulfone groups is 1. The number of carbonyl (C=O) groups is 1. The molecule has 1 aromatic heterocycles. The molecule has 3 rings (SSSR count). The highest BCUT2D eigenvalue weighted by atomic mass is 32.2. The molecule has 0 bridgehead atoms. The van der Waals surface area contributed by atoms with Crippen LogP contribution in [0.4, 0.5) is 5.69 Å². The predicted molar refractivity (Wildman–Crippen MR) is 95.7 cm³/mol. The van der Waals surface area contributed by atoms with Gasteiger partial charge < -0.3 is 5.32 Å². The fourth-order valence-corrected chi connectivity index (χ4v) is 3.40. The average Bonchev–Trinajstić information content (AvgIpc) is 3.13. The summed E-state index contributed by atoms with van der Waals surface area (Å²) >= 11 is 0. The number of nitrogens with one attached hydrogen (secondary N) is 1. The molecule has 2 aromatic carbocycles. The quantitative estimate of drug-likeness (QED) is 0.763. The second-order valence-electron chi connectivity index (χ2n) is 5.33. The van der Waals surface area contributed by atoms with Crippen molar-refractivity contribution in [2.45, 2.75) is 11.8 Å². The fourth-order valence-electron chi connectivity index (χ4n) is 2.35. The van der Waals surface area contributed by atoms with Gasteiger partial charge in [0.05, 0.1) is 22.0 Å². The summed E-state index contributed by atoms with van der Waals surface area (Å²) in [7, 11) is -3.43. The molecule has 0 unspecified atom stereocenters. The summed E-state index contributed by atoms with van der Waals surface area (Å²) < 4.78 is 25.9. The number of hydrogen-bond acceptors (Lipinski definition) is 4. The van der Waals surface area contributed by atoms with Crippen molar-refractivity contribution in [3.05, 3.63) is 72.6 Å². The molecule has 1 heterocycles. The molecule has 128 valence electrons. The zero-order valence-electron chi connectivity index (χ0n) is 13.6. The van der Waals surface area contributed by atoms with Crippen LogP contribution >= 0.6 is 0 Å². The van der Waals surface area contributed by atoms with E-state index in [1.54, 1.807) is 42.1 Å². The van der Waals surface area contributed by atoms with Gasteiger partial charge in [-0.05, 0) is 30.3 Å². The lowest BCUT2D eigenvalue weighted by Crippen LogP contribution is -2.16. The van der Waals surface area contributed by atoms with E-state index in [-0.39, 0.29) is 22.0 Å². The van der Waals surface area contributed by atoms with Crippen LogP contribution in [-0.2, 0) is 9.84 Å². The maximum absolute atomic E-state index is 12.4. The number of para-hydroxylation sites is 2. The second kappa shape index (κ2) is 6.90. The molecule has 1 N–H and O–H groups in total. The maximum Gasteiger partial charge on any atom is 0.276 e. The largest absolute Gasteiger partial charge is 0.319 e. The lowest BCUT2D eigenvalue weighted by Gasteiger charge is -2.09. The molecule has 6 nitrogen and oxygen atoms in total. The van der Waals surface area contributed by atoms with E-state index in [9.17, 15) is 13.2 Å². The van der Waals surface area contributed by atoms with Gasteiger partial charge in [0.15, 0.2) is 15.5 Å². The van der Waals surface area contributed by atoms with E-state index in [0.29, 0.717) is 0 Å². The molecular weight excluding hydrogens is 338 g/mol. The number of rotatable bonds is 5. The zero-order valence-corrected chi connectivity index (χ0v) is 14.4. The molecule has 0 spiro atoms. The first-order chi connectivity index (χ1) is 12.0. The summed E-state index contributed by atoms with van der Waals surface area (Å²) in [6.07, 6.45) is 1.68. The Morgan fingerprint density at radius 2 is 1.72 bits per heavy atom. The van der Waals surface area contributed by atoms with Crippen LogP contribution < -0.4 is 5.32 Å². The SMILES string of the molecule is CCS(=O)(=O)c1ccccc1NC(=O)c1ccn(-c2ccccc2)n1. The number of carbonyl (C=O) groups excluding carboxylic acids is 1. The van der Waals surface area contributed by atoms with Crippen LogP contribution in [0.1, 0.15) is 17.4 Å². The van der Waals surface area contributed by atoms with Crippen molar-refractivity contribution >= 4 is 21.4 Å². The second-order valence-corrected chi connectivity index (χ2v) is 7.58. The van der Waals surface area contributed by atoms with Crippen LogP contribution in [0.15, 0.2) is 71.8 Å². The Hall–Kier alpha value is -2.93. The lowest BCUT2D eigenvalue weighted by atomic mass is 10.3. The van der Waals surface area contributed by atoms with Gasteiger partial charge in [0, 0.05) is 6.20 Å². The summed E-state index contributed by atoms with van der Waals surface area (Å²) in [4.78, 5) is 12.5. The maximum atomic E-state index is 12.4. The highest BCUT2D eigenvalue weighted by Gasteiger charge is 2.19. The average molecular weight is 355 g/mol. The number of aromatic nitrogens is 2. The molecule has 0 atom stereocenters. The first-order valence-electron chi connectivity index (χ1n) is 7.75. The van der Waals surface area contributed by atoms with Crippen molar-refractivity contribution in [2.24, 2.45) is 0 Å². The molecule has 1 amide bonds. The van der Waals surface area contributed by atoms with Gasteiger partial charge in [-0.15, -0.1) is 0 Å². The number of benzene rings is 2. The van der Waals surface area contributed by atoms with Gasteiger partial charge in [0.2, 0.25) is 0 Å². The van der Waals surface area contributed by atoms with Gasteiger partial charge in [-0.25, -0.2) is 13.1 Å². The van der Waals surface area contributed by atoms with Crippen molar-refractivity contribution in [1.82, 2.24) is 9.78 Å². The third kappa shape index (κ3) is 3.61. The highest BCUT2D eigenvalue weighted by Crippen LogP contribution is 2.22. The Morgan fingerprint density at radius 3 is 2.44 bits per heavy atom. The van der Waals surface area contributed by atoms with E-state index in [4.69, 9.17) is 0 Å². The van der Waals surface area contributed by atoms with E-state index in [2.05, 4.69) is 10.4 Å². The first-order valence-corrected chi connectivity index (χ1v) is 9.41. The van der Waals surface area contributed by atoms with Crippen LogP contribution in [0.3, 0.4) is 0 Å². The van der Waals surface area contributed by atoms with Crippen LogP contribution in [-0.4, -0.2) is 29.9 Å². The Bertz CT molecular complexity index is 995. The minimum Gasteiger partial charge on any atom is -0.319 e. The molecule has 0 saturated carbocycles. The van der Waals surface area contributed by atoms with Crippen molar-refractivity contribution < 1.29 is 13.2 Å². The van der Waals surface area contributed by atoms with E-state index in [1.165, 1.54) is 6.07 Å². The summed E-state index contributed by atoms with van der Waals surface area (Å²) in [5, 5.41) is 6.88. The lowest BCUT2D eigenvalue weighted by molar-refractivity contribution is 0.102. The van der Waals surface area contributed by atoms with Gasteiger partial charge in [-0.3, -0.25) is 4.79 Å². The molecular formula is C18H17N3O3S. The molecule has 7 heteroatoms. The summed E-state index contributed by atoms with van der Waals surface area (Å²) in [6, 6.07) is 17.3. The number of anilines is 1. The van der Waals surface area contributed by atoms with Gasteiger partial charge in [-0.1, -0.05) is 37.3 Å². The first kappa shape index (κ1) is 16.9. The number of hydrogen-bond donors (Lipinski definition) is 1. The standard InChI is InChI=1S/C18H17N3O3S/c1-2-25(23,24)17-11-7-6-10-15(17)19-18(22)16-12-13-21(20-16)14-8-4-3-5-9-14/h3-13H,2H2,1H3,(H,19,22). The third-order valence-electron chi connectivity index (χ3n) is 3.69. The van der Waals surface area contributed by atoms with Crippen LogP contribution in [0.2, 0.25) is 0 Å². The van der Waals surface area contributed by atoms with E-state index >= 15 is 0 Å². The van der Waals surface area contributed by atoms with E-state index in [0.717, 1.165) is 5.69 Å². The molecule has 0 saturated heterocycles. The fraction of sp³-hybridized carbons (Fsp3) is 0.111. The molecule has 0 fully saturated rings. The van der Waals surface area contributed by atoms with Crippen molar-refractivity contribution in [2.75, 3.05) is 11.1 Å². The Labute approximate surface area is 146 Å². The highest BCUT2D eigenvalue weighted by molar-refractivity contribution is 7.91. The molecule has 0 radical (unpaired) electrons. The van der Waals surface area contributed by atoms with E-state index < -0.39 is 15.7 Å². The van der Waals surface area contributed by atoms with Crippen molar-refractivity contribution in [1.29, 1.82) is 0 Å². The monoisotopic (exact) mass is 355 g/mol. The Kier molecular flexibility index (Phi) is 4.67. The smallest absolute Gasteiger partial charge is 0.276 e. The number of nitrogens with zero attached hydrogens (tertiary/aromatic N) is 2. The number of amides is 1. The van der Waals surface area contributed by atoms with Gasteiger partial charge in [0.25, 0.3) is 5.91 Å². The van der Waals surface area contributed by atoms with Crippen LogP contribution in [0.5, 0.6) is 0 Å². The van der Waals surface area contributed by atoms with Crippen molar-refractivity contribution in [3.63, 3.8) is 0 Å². The molecule has 3 aromatic rings. The molecule has 25 heavy (non-hydrogen) atoms. The minimum absolute atomic E-state index is 0.0392. The summed E-state index contributed by atoms with van der Waals surface area (Å²) in [5.74, 6) is -0.504. The summed E-state index contributed by atoms with van der Waals surface area (Å²) in [6.45, 7) is 1.56. The Morgan fingerprint density at radius 1 is 1.04 bits per heavy atom. The van der Waals surface area contributed by atoms with Crippen molar-refractivity contribution in [3.8, 4) is 5.69 Å². The van der Waals surface area contributed by atoms with Gasteiger partial charge in [-0.2, -0.15) is 5.10 Å². The van der Waals surface area contributed by atoms with Crippen LogP contribution in [0.25, 0.3) is 5.69 Å². The normalized spacial score (nSPS) is 11.2. The van der Waals surface area contributed by atoms with E-state index in [1.807, 2.05) is 30.3 Å².